The summed E-state index contributed by atoms with van der Waals surface area (Å²) in [4.78, 5) is 2.66. The van der Waals surface area contributed by atoms with Crippen molar-refractivity contribution < 1.29 is 5.11 Å². The van der Waals surface area contributed by atoms with Gasteiger partial charge in [-0.2, -0.15) is 0 Å². The maximum absolute atomic E-state index is 9.95. The van der Waals surface area contributed by atoms with E-state index in [-0.39, 0.29) is 5.54 Å². The molecule has 0 radical (unpaired) electrons. The lowest BCUT2D eigenvalue weighted by molar-refractivity contribution is 0.0429. The van der Waals surface area contributed by atoms with Crippen LogP contribution in [0.1, 0.15) is 70.6 Å². The fourth-order valence-corrected chi connectivity index (χ4v) is 4.45. The quantitative estimate of drug-likeness (QED) is 0.813. The zero-order valence-corrected chi connectivity index (χ0v) is 13.1. The summed E-state index contributed by atoms with van der Waals surface area (Å²) in [7, 11) is 2.34. The normalized spacial score (nSPS) is 36.5. The van der Waals surface area contributed by atoms with E-state index in [1.807, 2.05) is 0 Å². The van der Waals surface area contributed by atoms with Gasteiger partial charge in [0.2, 0.25) is 0 Å². The Morgan fingerprint density at radius 2 is 1.70 bits per heavy atom. The standard InChI is InChI=1S/C17H32N2O/c1-19(15-6-3-2-4-7-15)16-8-5-11-17(12-16,13-20)18-14-9-10-14/h14-16,18,20H,2-13H2,1H3. The van der Waals surface area contributed by atoms with Crippen LogP contribution < -0.4 is 5.32 Å². The first kappa shape index (κ1) is 14.8. The molecule has 3 rings (SSSR count). The van der Waals surface area contributed by atoms with Crippen molar-refractivity contribution in [3.05, 3.63) is 0 Å². The number of hydrogen-bond donors (Lipinski definition) is 2. The van der Waals surface area contributed by atoms with E-state index in [4.69, 9.17) is 0 Å². The Hall–Kier alpha value is -0.120. The molecule has 0 aromatic rings. The first-order valence-corrected chi connectivity index (χ1v) is 8.83. The second-order valence-electron chi connectivity index (χ2n) is 7.56. The molecule has 3 nitrogen and oxygen atoms in total. The van der Waals surface area contributed by atoms with Gasteiger partial charge in [0.1, 0.15) is 0 Å². The third-order valence-electron chi connectivity index (χ3n) is 5.94. The maximum Gasteiger partial charge on any atom is 0.0613 e. The van der Waals surface area contributed by atoms with Crippen LogP contribution in [0.2, 0.25) is 0 Å². The summed E-state index contributed by atoms with van der Waals surface area (Å²) >= 11 is 0. The molecule has 116 valence electrons. The molecular weight excluding hydrogens is 248 g/mol. The van der Waals surface area contributed by atoms with Gasteiger partial charge in [-0.1, -0.05) is 19.3 Å². The first-order chi connectivity index (χ1) is 9.72. The lowest BCUT2D eigenvalue weighted by Crippen LogP contribution is -2.57. The van der Waals surface area contributed by atoms with Crippen molar-refractivity contribution in [3.8, 4) is 0 Å². The molecule has 3 heteroatoms. The Morgan fingerprint density at radius 1 is 1.00 bits per heavy atom. The summed E-state index contributed by atoms with van der Waals surface area (Å²) in [5.74, 6) is 0. The number of nitrogens with one attached hydrogen (secondary N) is 1. The summed E-state index contributed by atoms with van der Waals surface area (Å²) in [5, 5.41) is 13.7. The zero-order chi connectivity index (χ0) is 14.0. The van der Waals surface area contributed by atoms with Gasteiger partial charge < -0.3 is 15.3 Å². The molecule has 2 N–H and O–H groups in total. The summed E-state index contributed by atoms with van der Waals surface area (Å²) in [6.07, 6.45) is 14.5. The Bertz CT molecular complexity index is 312. The molecule has 0 aromatic heterocycles. The molecule has 0 amide bonds. The summed E-state index contributed by atoms with van der Waals surface area (Å²) in [5.41, 5.74) is 0.0208. The van der Waals surface area contributed by atoms with Gasteiger partial charge in [-0.25, -0.2) is 0 Å². The second-order valence-corrected chi connectivity index (χ2v) is 7.56. The van der Waals surface area contributed by atoms with E-state index in [2.05, 4.69) is 17.3 Å². The minimum atomic E-state index is 0.0208. The summed E-state index contributed by atoms with van der Waals surface area (Å²) < 4.78 is 0. The Morgan fingerprint density at radius 3 is 2.35 bits per heavy atom. The lowest BCUT2D eigenvalue weighted by Gasteiger charge is -2.46. The molecule has 0 aliphatic heterocycles. The van der Waals surface area contributed by atoms with Crippen molar-refractivity contribution >= 4 is 0 Å². The predicted molar refractivity (Wildman–Crippen MR) is 82.9 cm³/mol. The fraction of sp³-hybridized carbons (Fsp3) is 1.00. The van der Waals surface area contributed by atoms with E-state index in [0.717, 1.165) is 18.9 Å². The van der Waals surface area contributed by atoms with Crippen molar-refractivity contribution in [2.75, 3.05) is 13.7 Å². The largest absolute Gasteiger partial charge is 0.394 e. The molecule has 20 heavy (non-hydrogen) atoms. The van der Waals surface area contributed by atoms with Crippen molar-refractivity contribution in [1.82, 2.24) is 10.2 Å². The first-order valence-electron chi connectivity index (χ1n) is 8.83. The number of aliphatic hydroxyl groups is 1. The zero-order valence-electron chi connectivity index (χ0n) is 13.1. The third-order valence-corrected chi connectivity index (χ3v) is 5.94. The highest BCUT2D eigenvalue weighted by molar-refractivity contribution is 5.01. The van der Waals surface area contributed by atoms with Crippen molar-refractivity contribution in [1.29, 1.82) is 0 Å². The van der Waals surface area contributed by atoms with Crippen molar-refractivity contribution in [3.63, 3.8) is 0 Å². The van der Waals surface area contributed by atoms with Gasteiger partial charge >= 0.3 is 0 Å². The number of rotatable bonds is 5. The van der Waals surface area contributed by atoms with Crippen LogP contribution in [-0.2, 0) is 0 Å². The van der Waals surface area contributed by atoms with E-state index >= 15 is 0 Å². The van der Waals surface area contributed by atoms with Crippen molar-refractivity contribution in [2.45, 2.75) is 94.3 Å². The number of aliphatic hydroxyl groups excluding tert-OH is 1. The van der Waals surface area contributed by atoms with E-state index in [9.17, 15) is 5.11 Å². The minimum absolute atomic E-state index is 0.0208. The van der Waals surface area contributed by atoms with Gasteiger partial charge in [0, 0.05) is 23.7 Å². The van der Waals surface area contributed by atoms with Crippen LogP contribution in [0.4, 0.5) is 0 Å². The molecule has 0 bridgehead atoms. The van der Waals surface area contributed by atoms with Gasteiger partial charge in [0.05, 0.1) is 6.61 Å². The molecule has 0 aromatic carbocycles. The molecule has 3 saturated carbocycles. The molecular formula is C17H32N2O. The monoisotopic (exact) mass is 280 g/mol. The van der Waals surface area contributed by atoms with Crippen LogP contribution in [0.3, 0.4) is 0 Å². The van der Waals surface area contributed by atoms with Crippen LogP contribution in [0, 0.1) is 0 Å². The fourth-order valence-electron chi connectivity index (χ4n) is 4.45. The second kappa shape index (κ2) is 6.33. The van der Waals surface area contributed by atoms with E-state index in [1.165, 1.54) is 57.8 Å². The van der Waals surface area contributed by atoms with E-state index in [1.54, 1.807) is 0 Å². The van der Waals surface area contributed by atoms with Gasteiger partial charge in [-0.15, -0.1) is 0 Å². The highest BCUT2D eigenvalue weighted by atomic mass is 16.3. The average molecular weight is 280 g/mol. The van der Waals surface area contributed by atoms with Gasteiger partial charge in [0.25, 0.3) is 0 Å². The van der Waals surface area contributed by atoms with Gasteiger partial charge in [-0.3, -0.25) is 0 Å². The molecule has 3 aliphatic carbocycles. The van der Waals surface area contributed by atoms with Crippen molar-refractivity contribution in [2.24, 2.45) is 0 Å². The smallest absolute Gasteiger partial charge is 0.0613 e. The van der Waals surface area contributed by atoms with Crippen LogP contribution in [0.15, 0.2) is 0 Å². The lowest BCUT2D eigenvalue weighted by atomic mass is 9.78. The SMILES string of the molecule is CN(C1CCCCC1)C1CCCC(CO)(NC2CC2)C1. The molecule has 0 heterocycles. The van der Waals surface area contributed by atoms with Crippen LogP contribution in [0.25, 0.3) is 0 Å². The highest BCUT2D eigenvalue weighted by Gasteiger charge is 2.41. The molecule has 2 unspecified atom stereocenters. The third kappa shape index (κ3) is 3.37. The molecule has 0 saturated heterocycles. The maximum atomic E-state index is 9.95. The van der Waals surface area contributed by atoms with Gasteiger partial charge in [0.15, 0.2) is 0 Å². The molecule has 3 fully saturated rings. The van der Waals surface area contributed by atoms with Crippen LogP contribution in [-0.4, -0.2) is 47.3 Å². The minimum Gasteiger partial charge on any atom is -0.394 e. The molecule has 0 spiro atoms. The highest BCUT2D eigenvalue weighted by Crippen LogP contribution is 2.36. The van der Waals surface area contributed by atoms with E-state index < -0.39 is 0 Å². The van der Waals surface area contributed by atoms with E-state index in [0.29, 0.717) is 18.7 Å². The topological polar surface area (TPSA) is 35.5 Å². The summed E-state index contributed by atoms with van der Waals surface area (Å²) in [6, 6.07) is 2.16. The van der Waals surface area contributed by atoms with Crippen LogP contribution >= 0.6 is 0 Å². The summed E-state index contributed by atoms with van der Waals surface area (Å²) in [6.45, 7) is 0.318. The Labute approximate surface area is 124 Å². The van der Waals surface area contributed by atoms with Crippen LogP contribution in [0.5, 0.6) is 0 Å². The predicted octanol–water partition coefficient (Wildman–Crippen LogP) is 2.68. The van der Waals surface area contributed by atoms with Gasteiger partial charge in [-0.05, 0) is 58.4 Å². The Kier molecular flexibility index (Phi) is 4.68. The number of hydrogen-bond acceptors (Lipinski definition) is 3. The molecule has 3 aliphatic rings. The average Bonchev–Trinajstić information content (AvgIpc) is 3.31. The number of nitrogens with zero attached hydrogens (tertiary/aromatic N) is 1. The molecule has 2 atom stereocenters. The Balaban J connectivity index is 1.60.